The second-order valence-electron chi connectivity index (χ2n) is 12.7. The third-order valence-corrected chi connectivity index (χ3v) is 9.35. The molecule has 0 saturated carbocycles. The molecule has 6 rings (SSSR count). The van der Waals surface area contributed by atoms with Gasteiger partial charge in [0.15, 0.2) is 11.2 Å². The van der Waals surface area contributed by atoms with Crippen LogP contribution in [-0.4, -0.2) is 36.0 Å². The molecule has 0 heterocycles. The summed E-state index contributed by atoms with van der Waals surface area (Å²) in [5.74, 6) is -0.980. The van der Waals surface area contributed by atoms with Crippen molar-refractivity contribution >= 4 is 22.7 Å². The van der Waals surface area contributed by atoms with Gasteiger partial charge in [0.25, 0.3) is 0 Å². The van der Waals surface area contributed by atoms with Crippen molar-refractivity contribution in [2.24, 2.45) is 0 Å². The molecule has 6 heteroatoms. The molecule has 6 aromatic rings. The number of ketones is 2. The van der Waals surface area contributed by atoms with E-state index >= 15 is 0 Å². The first-order valence-corrected chi connectivity index (χ1v) is 17.5. The Labute approximate surface area is 317 Å². The van der Waals surface area contributed by atoms with E-state index in [4.69, 9.17) is 9.47 Å². The lowest BCUT2D eigenvalue weighted by Crippen LogP contribution is -2.43. The van der Waals surface area contributed by atoms with E-state index in [1.165, 1.54) is 14.2 Å². The van der Waals surface area contributed by atoms with Gasteiger partial charge in [0, 0.05) is 25.4 Å². The summed E-state index contributed by atoms with van der Waals surface area (Å²) >= 11 is 0. The van der Waals surface area contributed by atoms with Crippen molar-refractivity contribution in [3.63, 3.8) is 0 Å². The first-order valence-electron chi connectivity index (χ1n) is 17.5. The highest BCUT2D eigenvalue weighted by atomic mass is 16.5. The van der Waals surface area contributed by atoms with Gasteiger partial charge in [-0.05, 0) is 33.4 Å². The summed E-state index contributed by atoms with van der Waals surface area (Å²) < 4.78 is 11.3. The zero-order chi connectivity index (χ0) is 38.6. The molecule has 0 amide bonds. The van der Waals surface area contributed by atoms with Crippen LogP contribution in [0.2, 0.25) is 0 Å². The van der Waals surface area contributed by atoms with E-state index in [0.717, 1.165) is 0 Å². The van der Waals surface area contributed by atoms with Gasteiger partial charge in [0.05, 0.1) is 0 Å². The summed E-state index contributed by atoms with van der Waals surface area (Å²) in [5.41, 5.74) is 0.320. The molecule has 0 aromatic heterocycles. The smallest absolute Gasteiger partial charge is 0.202 e. The van der Waals surface area contributed by atoms with Crippen molar-refractivity contribution in [2.75, 3.05) is 14.2 Å². The summed E-state index contributed by atoms with van der Waals surface area (Å²) in [7, 11) is 2.98. The molecule has 6 aromatic carbocycles. The maximum absolute atomic E-state index is 13.5. The number of hydrogen-bond acceptors (Lipinski definition) is 6. The van der Waals surface area contributed by atoms with Crippen molar-refractivity contribution in [1.29, 1.82) is 0 Å². The molecule has 0 fully saturated rings. The predicted molar refractivity (Wildman–Crippen MR) is 214 cm³/mol. The van der Waals surface area contributed by atoms with Crippen molar-refractivity contribution < 1.29 is 29.3 Å². The molecule has 0 aliphatic rings. The van der Waals surface area contributed by atoms with Crippen molar-refractivity contribution in [3.05, 3.63) is 229 Å². The number of rotatable bonds is 14. The van der Waals surface area contributed by atoms with Gasteiger partial charge in [0.1, 0.15) is 12.2 Å². The number of methoxy groups -OCH3 is 2. The highest BCUT2D eigenvalue weighted by molar-refractivity contribution is 6.24. The number of aliphatic hydroxyl groups is 2. The minimum atomic E-state index is -1.91. The van der Waals surface area contributed by atoms with Crippen LogP contribution in [-0.2, 0) is 30.3 Å². The van der Waals surface area contributed by atoms with Crippen LogP contribution >= 0.6 is 0 Å². The monoisotopic (exact) mass is 716 g/mol. The molecule has 0 bridgehead atoms. The second-order valence-corrected chi connectivity index (χ2v) is 12.7. The standard InChI is InChI=1S/2C24H22O3/c2*1-18(19-12-6-3-7-13-19)22(25)24(26,21-16-10-5-11-17-21)23(27-2)20-14-8-4-9-15-20/h2*3-17,23,26H,1H2,2H3/t2*23-,24-/m11/s1. The van der Waals surface area contributed by atoms with Crippen LogP contribution in [0.5, 0.6) is 0 Å². The zero-order valence-electron chi connectivity index (χ0n) is 30.4. The number of benzene rings is 6. The van der Waals surface area contributed by atoms with Crippen LogP contribution in [0.1, 0.15) is 45.6 Å². The van der Waals surface area contributed by atoms with Gasteiger partial charge in [-0.2, -0.15) is 0 Å². The van der Waals surface area contributed by atoms with Gasteiger partial charge in [-0.1, -0.05) is 195 Å². The van der Waals surface area contributed by atoms with Gasteiger partial charge < -0.3 is 19.7 Å². The Bertz CT molecular complexity index is 1960. The molecule has 0 saturated heterocycles. The van der Waals surface area contributed by atoms with E-state index < -0.39 is 35.0 Å². The molecule has 272 valence electrons. The predicted octanol–water partition coefficient (Wildman–Crippen LogP) is 9.09. The molecule has 0 aliphatic carbocycles. The maximum atomic E-state index is 13.5. The minimum Gasteiger partial charge on any atom is -0.374 e. The molecular formula is C48H44O6. The van der Waals surface area contributed by atoms with Crippen LogP contribution < -0.4 is 0 Å². The first-order chi connectivity index (χ1) is 26.2. The van der Waals surface area contributed by atoms with E-state index in [0.29, 0.717) is 33.4 Å². The molecule has 0 spiro atoms. The van der Waals surface area contributed by atoms with Gasteiger partial charge in [-0.3, -0.25) is 9.59 Å². The summed E-state index contributed by atoms with van der Waals surface area (Å²) in [5, 5.41) is 23.5. The fourth-order valence-electron chi connectivity index (χ4n) is 6.54. The Hall–Kier alpha value is -6.02. The zero-order valence-corrected chi connectivity index (χ0v) is 30.4. The Morgan fingerprint density at radius 3 is 0.944 bits per heavy atom. The fourth-order valence-corrected chi connectivity index (χ4v) is 6.54. The number of carbonyl (C=O) groups excluding carboxylic acids is 2. The largest absolute Gasteiger partial charge is 0.374 e. The average Bonchev–Trinajstić information content (AvgIpc) is 3.25. The van der Waals surface area contributed by atoms with Gasteiger partial charge in [0.2, 0.25) is 11.6 Å². The number of Topliss-reactive ketones (excluding diaryl/α,β-unsaturated/α-hetero) is 2. The molecule has 2 N–H and O–H groups in total. The molecular weight excluding hydrogens is 673 g/mol. The third kappa shape index (κ3) is 8.28. The fraction of sp³-hybridized carbons (Fsp3) is 0.125. The van der Waals surface area contributed by atoms with E-state index in [1.54, 1.807) is 72.8 Å². The van der Waals surface area contributed by atoms with Crippen LogP contribution in [0.15, 0.2) is 195 Å². The maximum Gasteiger partial charge on any atom is 0.202 e. The molecule has 0 unspecified atom stereocenters. The Balaban J connectivity index is 0.000000208. The highest BCUT2D eigenvalue weighted by Gasteiger charge is 2.49. The summed E-state index contributed by atoms with van der Waals surface area (Å²) in [4.78, 5) is 27.0. The molecule has 6 nitrogen and oxygen atoms in total. The minimum absolute atomic E-state index is 0.236. The van der Waals surface area contributed by atoms with Crippen LogP contribution in [0, 0.1) is 0 Å². The lowest BCUT2D eigenvalue weighted by Gasteiger charge is -2.35. The first kappa shape index (κ1) is 39.2. The normalized spacial score (nSPS) is 14.1. The van der Waals surface area contributed by atoms with E-state index in [2.05, 4.69) is 13.2 Å². The third-order valence-electron chi connectivity index (χ3n) is 9.35. The average molecular weight is 717 g/mol. The van der Waals surface area contributed by atoms with Crippen LogP contribution in [0.4, 0.5) is 0 Å². The van der Waals surface area contributed by atoms with E-state index in [1.807, 2.05) is 109 Å². The van der Waals surface area contributed by atoms with Crippen molar-refractivity contribution in [1.82, 2.24) is 0 Å². The summed E-state index contributed by atoms with van der Waals surface area (Å²) in [6, 6.07) is 54.5. The highest BCUT2D eigenvalue weighted by Crippen LogP contribution is 2.43. The number of hydrogen-bond donors (Lipinski definition) is 2. The molecule has 0 aliphatic heterocycles. The quantitative estimate of drug-likeness (QED) is 0.109. The van der Waals surface area contributed by atoms with Crippen molar-refractivity contribution in [2.45, 2.75) is 23.4 Å². The van der Waals surface area contributed by atoms with Gasteiger partial charge in [-0.25, -0.2) is 0 Å². The lowest BCUT2D eigenvalue weighted by molar-refractivity contribution is -0.151. The van der Waals surface area contributed by atoms with Gasteiger partial charge in [-0.15, -0.1) is 0 Å². The lowest BCUT2D eigenvalue weighted by atomic mass is 9.77. The number of carbonyl (C=O) groups is 2. The Morgan fingerprint density at radius 2 is 0.685 bits per heavy atom. The topological polar surface area (TPSA) is 93.1 Å². The number of ether oxygens (including phenoxy) is 2. The Kier molecular flexibility index (Phi) is 13.2. The second kappa shape index (κ2) is 18.1. The van der Waals surface area contributed by atoms with Crippen molar-refractivity contribution in [3.8, 4) is 0 Å². The molecule has 54 heavy (non-hydrogen) atoms. The van der Waals surface area contributed by atoms with Crippen LogP contribution in [0.3, 0.4) is 0 Å². The Morgan fingerprint density at radius 1 is 0.444 bits per heavy atom. The summed E-state index contributed by atoms with van der Waals surface area (Å²) in [6.07, 6.45) is -1.76. The molecule has 0 radical (unpaired) electrons. The molecule has 4 atom stereocenters. The van der Waals surface area contributed by atoms with E-state index in [-0.39, 0.29) is 11.1 Å². The summed E-state index contributed by atoms with van der Waals surface area (Å²) in [6.45, 7) is 7.92. The van der Waals surface area contributed by atoms with Crippen LogP contribution in [0.25, 0.3) is 11.1 Å². The van der Waals surface area contributed by atoms with E-state index in [9.17, 15) is 19.8 Å². The SMILES string of the molecule is C=C(C(=O)[C@](O)(c1ccccc1)[C@H](OC)c1ccccc1)c1ccccc1.C=C(C(=O)[C@](O)(c1ccccc1)[C@H](OC)c1ccccc1)c1ccccc1. The van der Waals surface area contributed by atoms with Gasteiger partial charge >= 0.3 is 0 Å².